The van der Waals surface area contributed by atoms with Gasteiger partial charge in [-0.15, -0.1) is 0 Å². The minimum Gasteiger partial charge on any atom is -0.293 e. The van der Waals surface area contributed by atoms with Crippen molar-refractivity contribution in [1.29, 1.82) is 0 Å². The smallest absolute Gasteiger partial charge is 0.176 e. The van der Waals surface area contributed by atoms with Crippen LogP contribution in [-0.2, 0) is 4.79 Å². The Labute approximate surface area is 73.1 Å². The molecule has 12 heavy (non-hydrogen) atoms. The lowest BCUT2D eigenvalue weighted by Gasteiger charge is -2.24. The number of carbonyl (C=O) groups is 1. The maximum Gasteiger partial charge on any atom is 0.176 e. The summed E-state index contributed by atoms with van der Waals surface area (Å²) >= 11 is 0. The molecule has 0 aromatic rings. The van der Waals surface area contributed by atoms with Gasteiger partial charge in [0, 0.05) is 6.92 Å². The number of ketones is 1. The predicted molar refractivity (Wildman–Crippen MR) is 48.5 cm³/mol. The van der Waals surface area contributed by atoms with Crippen LogP contribution >= 0.6 is 0 Å². The van der Waals surface area contributed by atoms with E-state index in [-0.39, 0.29) is 11.3 Å². The SMILES string of the molecule is CC(=O)C1=NC12CCC(C)CC2. The van der Waals surface area contributed by atoms with Crippen molar-refractivity contribution in [3.8, 4) is 0 Å². The predicted octanol–water partition coefficient (Wildman–Crippen LogP) is 1.98. The molecule has 1 aliphatic heterocycles. The largest absolute Gasteiger partial charge is 0.293 e. The highest BCUT2D eigenvalue weighted by atomic mass is 16.1. The third kappa shape index (κ3) is 1.10. The van der Waals surface area contributed by atoms with E-state index in [1.807, 2.05) is 0 Å². The molecule has 0 saturated heterocycles. The van der Waals surface area contributed by atoms with Crippen LogP contribution in [0.15, 0.2) is 4.99 Å². The van der Waals surface area contributed by atoms with Gasteiger partial charge in [0.2, 0.25) is 0 Å². The maximum atomic E-state index is 11.0. The molecule has 2 heteroatoms. The highest BCUT2D eigenvalue weighted by Gasteiger charge is 2.50. The average molecular weight is 165 g/mol. The highest BCUT2D eigenvalue weighted by molar-refractivity contribution is 6.48. The van der Waals surface area contributed by atoms with Gasteiger partial charge in [0.1, 0.15) is 11.3 Å². The molecule has 0 aromatic carbocycles. The van der Waals surface area contributed by atoms with E-state index in [1.54, 1.807) is 6.92 Å². The van der Waals surface area contributed by atoms with Gasteiger partial charge in [0.05, 0.1) is 0 Å². The van der Waals surface area contributed by atoms with Crippen molar-refractivity contribution in [3.05, 3.63) is 0 Å². The second-order valence-corrected chi connectivity index (χ2v) is 4.23. The number of hydrogen-bond donors (Lipinski definition) is 0. The van der Waals surface area contributed by atoms with E-state index in [4.69, 9.17) is 0 Å². The van der Waals surface area contributed by atoms with Crippen LogP contribution in [0.25, 0.3) is 0 Å². The van der Waals surface area contributed by atoms with Gasteiger partial charge in [-0.05, 0) is 31.6 Å². The van der Waals surface area contributed by atoms with Crippen LogP contribution in [0.2, 0.25) is 0 Å². The topological polar surface area (TPSA) is 29.4 Å². The molecule has 0 unspecified atom stereocenters. The van der Waals surface area contributed by atoms with Gasteiger partial charge in [-0.3, -0.25) is 9.79 Å². The second kappa shape index (κ2) is 2.41. The minimum absolute atomic E-state index is 0.0400. The summed E-state index contributed by atoms with van der Waals surface area (Å²) in [7, 11) is 0. The maximum absolute atomic E-state index is 11.0. The molecule has 2 nitrogen and oxygen atoms in total. The quantitative estimate of drug-likeness (QED) is 0.584. The molecule has 1 heterocycles. The number of nitrogens with zero attached hydrogens (tertiary/aromatic N) is 1. The Balaban J connectivity index is 1.97. The van der Waals surface area contributed by atoms with Crippen molar-refractivity contribution in [2.24, 2.45) is 10.9 Å². The molecular weight excluding hydrogens is 150 g/mol. The molecule has 0 aromatic heterocycles. The van der Waals surface area contributed by atoms with Crippen molar-refractivity contribution >= 4 is 11.5 Å². The Morgan fingerprint density at radius 2 is 2.08 bits per heavy atom. The fourth-order valence-corrected chi connectivity index (χ4v) is 2.18. The fraction of sp³-hybridized carbons (Fsp3) is 0.800. The number of hydrogen-bond acceptors (Lipinski definition) is 2. The summed E-state index contributed by atoms with van der Waals surface area (Å²) in [6.45, 7) is 3.91. The van der Waals surface area contributed by atoms with Crippen LogP contribution in [0.5, 0.6) is 0 Å². The third-order valence-electron chi connectivity index (χ3n) is 3.15. The van der Waals surface area contributed by atoms with Gasteiger partial charge in [-0.25, -0.2) is 0 Å². The minimum atomic E-state index is 0.0400. The Morgan fingerprint density at radius 3 is 2.50 bits per heavy atom. The van der Waals surface area contributed by atoms with Crippen LogP contribution in [0.3, 0.4) is 0 Å². The molecule has 1 aliphatic carbocycles. The van der Waals surface area contributed by atoms with Crippen molar-refractivity contribution in [2.75, 3.05) is 0 Å². The first kappa shape index (κ1) is 7.96. The first-order valence-corrected chi connectivity index (χ1v) is 4.75. The lowest BCUT2D eigenvalue weighted by atomic mass is 9.79. The van der Waals surface area contributed by atoms with E-state index in [9.17, 15) is 4.79 Å². The van der Waals surface area contributed by atoms with E-state index >= 15 is 0 Å². The molecule has 1 saturated carbocycles. The molecule has 0 bridgehead atoms. The molecule has 0 N–H and O–H groups in total. The zero-order chi connectivity index (χ0) is 8.77. The van der Waals surface area contributed by atoms with E-state index < -0.39 is 0 Å². The average Bonchev–Trinajstić information content (AvgIpc) is 2.72. The normalized spacial score (nSPS) is 39.5. The standard InChI is InChI=1S/C10H15NO/c1-7-3-5-10(6-4-7)9(11-10)8(2)12/h7H,3-6H2,1-2H3. The Bertz CT molecular complexity index is 247. The van der Waals surface area contributed by atoms with E-state index in [0.717, 1.165) is 24.5 Å². The summed E-state index contributed by atoms with van der Waals surface area (Å²) in [6, 6.07) is 0. The van der Waals surface area contributed by atoms with Gasteiger partial charge in [-0.2, -0.15) is 0 Å². The highest BCUT2D eigenvalue weighted by Crippen LogP contribution is 2.44. The summed E-state index contributed by atoms with van der Waals surface area (Å²) in [4.78, 5) is 15.4. The van der Waals surface area contributed by atoms with E-state index in [1.165, 1.54) is 12.8 Å². The lowest BCUT2D eigenvalue weighted by Crippen LogP contribution is -2.28. The first-order valence-electron chi connectivity index (χ1n) is 4.75. The summed E-state index contributed by atoms with van der Waals surface area (Å²) in [6.07, 6.45) is 4.70. The van der Waals surface area contributed by atoms with Gasteiger partial charge in [0.15, 0.2) is 5.78 Å². The molecule has 2 rings (SSSR count). The molecule has 2 aliphatic rings. The zero-order valence-electron chi connectivity index (χ0n) is 7.76. The van der Waals surface area contributed by atoms with Gasteiger partial charge < -0.3 is 0 Å². The fourth-order valence-electron chi connectivity index (χ4n) is 2.18. The Hall–Kier alpha value is -0.660. The van der Waals surface area contributed by atoms with Crippen LogP contribution in [0, 0.1) is 5.92 Å². The van der Waals surface area contributed by atoms with Crippen LogP contribution in [-0.4, -0.2) is 17.0 Å². The lowest BCUT2D eigenvalue weighted by molar-refractivity contribution is -0.111. The summed E-state index contributed by atoms with van der Waals surface area (Å²) in [5, 5.41) is 0. The molecule has 66 valence electrons. The van der Waals surface area contributed by atoms with E-state index in [2.05, 4.69) is 11.9 Å². The van der Waals surface area contributed by atoms with Gasteiger partial charge in [0.25, 0.3) is 0 Å². The van der Waals surface area contributed by atoms with Crippen LogP contribution in [0.1, 0.15) is 39.5 Å². The summed E-state index contributed by atoms with van der Waals surface area (Å²) < 4.78 is 0. The Kier molecular flexibility index (Phi) is 1.60. The van der Waals surface area contributed by atoms with Gasteiger partial charge in [-0.1, -0.05) is 6.92 Å². The van der Waals surface area contributed by atoms with Crippen molar-refractivity contribution in [2.45, 2.75) is 45.1 Å². The molecule has 1 fully saturated rings. The number of Topliss-reactive ketones (excluding diaryl/α,β-unsaturated/α-hetero) is 1. The van der Waals surface area contributed by atoms with Gasteiger partial charge >= 0.3 is 0 Å². The Morgan fingerprint density at radius 1 is 1.50 bits per heavy atom. The van der Waals surface area contributed by atoms with Crippen molar-refractivity contribution in [1.82, 2.24) is 0 Å². The summed E-state index contributed by atoms with van der Waals surface area (Å²) in [5.41, 5.74) is 0.910. The second-order valence-electron chi connectivity index (χ2n) is 4.23. The third-order valence-corrected chi connectivity index (χ3v) is 3.15. The first-order chi connectivity index (χ1) is 5.64. The van der Waals surface area contributed by atoms with Crippen molar-refractivity contribution in [3.63, 3.8) is 0 Å². The number of carbonyl (C=O) groups excluding carboxylic acids is 1. The zero-order valence-corrected chi connectivity index (χ0v) is 7.76. The number of rotatable bonds is 1. The number of aliphatic imine (C=N–C) groups is 1. The molecular formula is C10H15NO. The molecule has 0 radical (unpaired) electrons. The molecule has 1 spiro atoms. The summed E-state index contributed by atoms with van der Waals surface area (Å²) in [5.74, 6) is 1.02. The van der Waals surface area contributed by atoms with E-state index in [0.29, 0.717) is 0 Å². The monoisotopic (exact) mass is 165 g/mol. The van der Waals surface area contributed by atoms with Crippen molar-refractivity contribution < 1.29 is 4.79 Å². The molecule has 0 amide bonds. The van der Waals surface area contributed by atoms with Crippen LogP contribution in [0.4, 0.5) is 0 Å². The van der Waals surface area contributed by atoms with Crippen LogP contribution < -0.4 is 0 Å². The molecule has 0 atom stereocenters.